The zero-order valence-electron chi connectivity index (χ0n) is 31.1. The molecule has 7 heterocycles. The number of nitrogens with zero attached hydrogens (tertiary/aromatic N) is 9. The van der Waals surface area contributed by atoms with Gasteiger partial charge in [-0.05, 0) is 76.3 Å². The first-order valence-corrected chi connectivity index (χ1v) is 19.3. The SMILES string of the molecule is CC(C)n1c(=O)ccc2cc(Nc3nc(N4CCC(CN5CCN(c6ccc7c(C8CCC(=O)NC8=O)nn(C)c7c6)C[C@@H]5C)CC4)ncc3Cl)cnc21. The summed E-state index contributed by atoms with van der Waals surface area (Å²) in [5.41, 5.74) is 4.19. The smallest absolute Gasteiger partial charge is 0.252 e. The van der Waals surface area contributed by atoms with Gasteiger partial charge in [0.2, 0.25) is 17.8 Å². The Bertz CT molecular complexity index is 2300. The zero-order valence-corrected chi connectivity index (χ0v) is 31.9. The van der Waals surface area contributed by atoms with Crippen molar-refractivity contribution >= 4 is 68.5 Å². The van der Waals surface area contributed by atoms with E-state index in [0.717, 1.165) is 85.5 Å². The van der Waals surface area contributed by atoms with E-state index in [1.807, 2.05) is 31.6 Å². The van der Waals surface area contributed by atoms with Crippen LogP contribution in [-0.2, 0) is 16.6 Å². The van der Waals surface area contributed by atoms with Crippen LogP contribution in [0.25, 0.3) is 21.9 Å². The Morgan fingerprint density at radius 2 is 1.78 bits per heavy atom. The predicted molar refractivity (Wildman–Crippen MR) is 211 cm³/mol. The Morgan fingerprint density at radius 1 is 0.963 bits per heavy atom. The van der Waals surface area contributed by atoms with Crippen molar-refractivity contribution in [3.05, 3.63) is 69.9 Å². The summed E-state index contributed by atoms with van der Waals surface area (Å²) in [5.74, 6) is 0.874. The largest absolute Gasteiger partial charge is 0.369 e. The lowest BCUT2D eigenvalue weighted by Gasteiger charge is -2.43. The average Bonchev–Trinajstić information content (AvgIpc) is 3.48. The number of carbonyl (C=O) groups is 2. The second-order valence-electron chi connectivity index (χ2n) is 15.2. The van der Waals surface area contributed by atoms with Gasteiger partial charge in [-0.2, -0.15) is 10.1 Å². The fourth-order valence-electron chi connectivity index (χ4n) is 8.28. The molecule has 0 radical (unpaired) electrons. The molecule has 282 valence electrons. The number of amides is 2. The van der Waals surface area contributed by atoms with Gasteiger partial charge in [0.25, 0.3) is 5.56 Å². The lowest BCUT2D eigenvalue weighted by molar-refractivity contribution is -0.134. The van der Waals surface area contributed by atoms with Crippen molar-refractivity contribution in [1.29, 1.82) is 0 Å². The number of piperazine rings is 1. The maximum absolute atomic E-state index is 12.6. The summed E-state index contributed by atoms with van der Waals surface area (Å²) in [6.07, 6.45) is 6.28. The summed E-state index contributed by atoms with van der Waals surface area (Å²) < 4.78 is 3.54. The lowest BCUT2D eigenvalue weighted by atomic mass is 9.92. The van der Waals surface area contributed by atoms with E-state index in [1.165, 1.54) is 0 Å². The molecule has 14 nitrogen and oxygen atoms in total. The van der Waals surface area contributed by atoms with E-state index in [1.54, 1.807) is 29.1 Å². The molecule has 0 saturated carbocycles. The number of anilines is 4. The number of imide groups is 1. The highest BCUT2D eigenvalue weighted by atomic mass is 35.5. The third kappa shape index (κ3) is 7.00. The minimum atomic E-state index is -0.408. The van der Waals surface area contributed by atoms with Crippen molar-refractivity contribution < 1.29 is 9.59 Å². The van der Waals surface area contributed by atoms with Gasteiger partial charge in [0.15, 0.2) is 5.82 Å². The average molecular weight is 752 g/mol. The molecule has 15 heteroatoms. The van der Waals surface area contributed by atoms with Gasteiger partial charge in [0, 0.05) is 87.3 Å². The van der Waals surface area contributed by atoms with Gasteiger partial charge in [0.05, 0.1) is 35.2 Å². The summed E-state index contributed by atoms with van der Waals surface area (Å²) in [6, 6.07) is 12.1. The zero-order chi connectivity index (χ0) is 37.7. The Morgan fingerprint density at radius 3 is 2.54 bits per heavy atom. The Balaban J connectivity index is 0.866. The van der Waals surface area contributed by atoms with E-state index in [9.17, 15) is 14.4 Å². The van der Waals surface area contributed by atoms with Crippen LogP contribution in [0.5, 0.6) is 0 Å². The summed E-state index contributed by atoms with van der Waals surface area (Å²) in [4.78, 5) is 58.0. The van der Waals surface area contributed by atoms with Crippen molar-refractivity contribution in [1.82, 2.24) is 39.5 Å². The van der Waals surface area contributed by atoms with Crippen LogP contribution in [-0.4, -0.2) is 91.3 Å². The number of nitrogens with one attached hydrogen (secondary N) is 2. The third-order valence-corrected chi connectivity index (χ3v) is 11.5. The van der Waals surface area contributed by atoms with Crippen LogP contribution in [0.15, 0.2) is 53.6 Å². The molecule has 5 aromatic rings. The quantitative estimate of drug-likeness (QED) is 0.207. The summed E-state index contributed by atoms with van der Waals surface area (Å²) in [7, 11) is 1.92. The topological polar surface area (TPSA) is 146 Å². The number of aromatic nitrogens is 6. The molecular weight excluding hydrogens is 706 g/mol. The first kappa shape index (κ1) is 35.9. The predicted octanol–water partition coefficient (Wildman–Crippen LogP) is 5.00. The van der Waals surface area contributed by atoms with Crippen LogP contribution in [0.3, 0.4) is 0 Å². The molecule has 1 aromatic carbocycles. The van der Waals surface area contributed by atoms with Gasteiger partial charge in [-0.1, -0.05) is 11.6 Å². The highest BCUT2D eigenvalue weighted by Crippen LogP contribution is 2.34. The normalized spacial score (nSPS) is 20.3. The number of fused-ring (bicyclic) bond motifs is 2. The molecule has 3 fully saturated rings. The molecule has 0 aliphatic carbocycles. The van der Waals surface area contributed by atoms with Gasteiger partial charge in [0.1, 0.15) is 10.7 Å². The number of halogens is 1. The molecule has 0 bridgehead atoms. The van der Waals surface area contributed by atoms with Crippen molar-refractivity contribution in [3.8, 4) is 0 Å². The molecule has 0 spiro atoms. The van der Waals surface area contributed by atoms with Crippen LogP contribution in [0.2, 0.25) is 5.02 Å². The molecule has 2 amide bonds. The van der Waals surface area contributed by atoms with Crippen LogP contribution in [0, 0.1) is 5.92 Å². The second-order valence-corrected chi connectivity index (χ2v) is 15.6. The van der Waals surface area contributed by atoms with Crippen molar-refractivity contribution in [2.24, 2.45) is 13.0 Å². The van der Waals surface area contributed by atoms with Crippen LogP contribution >= 0.6 is 11.6 Å². The summed E-state index contributed by atoms with van der Waals surface area (Å²) in [6.45, 7) is 11.9. The highest BCUT2D eigenvalue weighted by molar-refractivity contribution is 6.32. The molecule has 2 atom stereocenters. The number of hydrogen-bond acceptors (Lipinski definition) is 11. The Kier molecular flexibility index (Phi) is 9.73. The number of hydrogen-bond donors (Lipinski definition) is 2. The fraction of sp³-hybridized carbons (Fsp3) is 0.462. The van der Waals surface area contributed by atoms with Crippen molar-refractivity contribution in [2.75, 3.05) is 54.4 Å². The Labute approximate surface area is 318 Å². The summed E-state index contributed by atoms with van der Waals surface area (Å²) >= 11 is 6.55. The number of benzene rings is 1. The van der Waals surface area contributed by atoms with Gasteiger partial charge in [-0.15, -0.1) is 0 Å². The number of carbonyl (C=O) groups excluding carboxylic acids is 2. The van der Waals surface area contributed by atoms with Crippen LogP contribution in [0.1, 0.15) is 64.1 Å². The number of pyridine rings is 2. The molecule has 3 aliphatic rings. The standard InChI is InChI=1S/C39H46ClN11O3/c1-23(2)51-34(53)10-5-26-17-27(19-41-37(26)51)43-36-31(40)20-42-39(45-36)48-13-11-25(12-14-48)22-49-15-16-50(21-24(49)3)28-6-7-29-32(18-28)47(4)46-35(29)30-8-9-33(52)44-38(30)54/h5-7,10,17-20,23-25,30H,8-9,11-16,21-22H2,1-4H3,(H,42,43,45)(H,44,52,54)/t24-,30?/m0/s1. The summed E-state index contributed by atoms with van der Waals surface area (Å²) in [5, 5.41) is 12.7. The Hall–Kier alpha value is -5.08. The highest BCUT2D eigenvalue weighted by Gasteiger charge is 2.33. The van der Waals surface area contributed by atoms with Crippen LogP contribution < -0.4 is 26.0 Å². The van der Waals surface area contributed by atoms with E-state index < -0.39 is 5.92 Å². The minimum Gasteiger partial charge on any atom is -0.369 e. The molecule has 1 unspecified atom stereocenters. The first-order valence-electron chi connectivity index (χ1n) is 18.9. The van der Waals surface area contributed by atoms with Gasteiger partial charge < -0.3 is 15.1 Å². The molecule has 8 rings (SSSR count). The van der Waals surface area contributed by atoms with Crippen molar-refractivity contribution in [2.45, 2.75) is 64.5 Å². The molecular formula is C39H46ClN11O3. The van der Waals surface area contributed by atoms with Crippen molar-refractivity contribution in [3.63, 3.8) is 0 Å². The van der Waals surface area contributed by atoms with Gasteiger partial charge in [-0.25, -0.2) is 9.97 Å². The van der Waals surface area contributed by atoms with E-state index >= 15 is 0 Å². The maximum atomic E-state index is 12.6. The number of aryl methyl sites for hydroxylation is 1. The lowest BCUT2D eigenvalue weighted by Crippen LogP contribution is -2.53. The second kappa shape index (κ2) is 14.6. The molecule has 54 heavy (non-hydrogen) atoms. The molecule has 3 saturated heterocycles. The van der Waals surface area contributed by atoms with E-state index in [0.29, 0.717) is 47.2 Å². The van der Waals surface area contributed by atoms with Crippen LogP contribution in [0.4, 0.5) is 23.1 Å². The molecule has 3 aliphatic heterocycles. The third-order valence-electron chi connectivity index (χ3n) is 11.2. The fourth-order valence-corrected chi connectivity index (χ4v) is 8.41. The molecule has 4 aromatic heterocycles. The monoisotopic (exact) mass is 751 g/mol. The van der Waals surface area contributed by atoms with Gasteiger partial charge >= 0.3 is 0 Å². The number of piperidine rings is 2. The number of rotatable bonds is 8. The first-order chi connectivity index (χ1) is 26.0. The van der Waals surface area contributed by atoms with Gasteiger partial charge in [-0.3, -0.25) is 33.8 Å². The minimum absolute atomic E-state index is 0.00469. The molecule has 2 N–H and O–H groups in total. The van der Waals surface area contributed by atoms with E-state index in [-0.39, 0.29) is 23.4 Å². The van der Waals surface area contributed by atoms with E-state index in [4.69, 9.17) is 21.7 Å². The van der Waals surface area contributed by atoms with E-state index in [2.05, 4.69) is 60.4 Å². The maximum Gasteiger partial charge on any atom is 0.252 e.